The van der Waals surface area contributed by atoms with Crippen molar-refractivity contribution in [2.75, 3.05) is 19.0 Å². The van der Waals surface area contributed by atoms with E-state index in [4.69, 9.17) is 4.74 Å². The highest BCUT2D eigenvalue weighted by Crippen LogP contribution is 2.24. The van der Waals surface area contributed by atoms with E-state index in [0.29, 0.717) is 30.0 Å². The van der Waals surface area contributed by atoms with Crippen molar-refractivity contribution >= 4 is 33.4 Å². The average Bonchev–Trinajstić information content (AvgIpc) is 2.58. The third-order valence-electron chi connectivity index (χ3n) is 3.34. The minimum absolute atomic E-state index is 0.0534. The highest BCUT2D eigenvalue weighted by Gasteiger charge is 2.13. The van der Waals surface area contributed by atoms with Crippen LogP contribution in [-0.4, -0.2) is 25.5 Å². The number of hydrogen-bond acceptors (Lipinski definition) is 3. The molecule has 2 rings (SSSR count). The molecule has 0 atom stereocenters. The summed E-state index contributed by atoms with van der Waals surface area (Å²) >= 11 is 3.37. The van der Waals surface area contributed by atoms with Crippen molar-refractivity contribution in [2.24, 2.45) is 0 Å². The summed E-state index contributed by atoms with van der Waals surface area (Å²) < 4.78 is 6.30. The zero-order valence-electron chi connectivity index (χ0n) is 13.6. The van der Waals surface area contributed by atoms with Gasteiger partial charge in [0, 0.05) is 17.2 Å². The number of rotatable bonds is 6. The second-order valence-corrected chi connectivity index (χ2v) is 5.99. The number of amides is 2. The maximum atomic E-state index is 12.5. The van der Waals surface area contributed by atoms with Crippen molar-refractivity contribution in [1.29, 1.82) is 0 Å². The minimum Gasteiger partial charge on any atom is -0.493 e. The third-order valence-corrected chi connectivity index (χ3v) is 3.83. The smallest absolute Gasteiger partial charge is 0.259 e. The van der Waals surface area contributed by atoms with Crippen LogP contribution >= 0.6 is 15.9 Å². The Balaban J connectivity index is 2.12. The molecule has 2 aromatic carbocycles. The Morgan fingerprint density at radius 2 is 1.83 bits per heavy atom. The zero-order valence-corrected chi connectivity index (χ0v) is 15.1. The molecule has 0 fully saturated rings. The maximum absolute atomic E-state index is 12.5. The maximum Gasteiger partial charge on any atom is 0.259 e. The molecule has 0 unspecified atom stereocenters. The van der Waals surface area contributed by atoms with Gasteiger partial charge >= 0.3 is 0 Å². The van der Waals surface area contributed by atoms with Crippen LogP contribution in [0.15, 0.2) is 46.9 Å². The monoisotopic (exact) mass is 390 g/mol. The van der Waals surface area contributed by atoms with Crippen LogP contribution in [0.4, 0.5) is 5.69 Å². The zero-order chi connectivity index (χ0) is 17.5. The van der Waals surface area contributed by atoms with Gasteiger partial charge in [0.05, 0.1) is 18.6 Å². The van der Waals surface area contributed by atoms with Crippen LogP contribution in [0.5, 0.6) is 5.75 Å². The summed E-state index contributed by atoms with van der Waals surface area (Å²) in [5.74, 6) is 0.232. The Bertz CT molecular complexity index is 730. The lowest BCUT2D eigenvalue weighted by Crippen LogP contribution is -2.19. The molecule has 2 amide bonds. The number of anilines is 1. The van der Waals surface area contributed by atoms with Crippen LogP contribution in [0, 0.1) is 0 Å². The van der Waals surface area contributed by atoms with E-state index in [2.05, 4.69) is 26.6 Å². The second-order valence-electron chi connectivity index (χ2n) is 5.07. The van der Waals surface area contributed by atoms with Gasteiger partial charge in [0.15, 0.2) is 0 Å². The molecule has 0 saturated carbocycles. The highest BCUT2D eigenvalue weighted by atomic mass is 79.9. The molecule has 6 heteroatoms. The Hall–Kier alpha value is -2.34. The van der Waals surface area contributed by atoms with Gasteiger partial charge in [-0.15, -0.1) is 0 Å². The van der Waals surface area contributed by atoms with E-state index >= 15 is 0 Å². The van der Waals surface area contributed by atoms with E-state index in [1.54, 1.807) is 31.3 Å². The Morgan fingerprint density at radius 1 is 1.12 bits per heavy atom. The molecule has 126 valence electrons. The van der Waals surface area contributed by atoms with Crippen molar-refractivity contribution in [3.05, 3.63) is 58.1 Å². The van der Waals surface area contributed by atoms with E-state index < -0.39 is 0 Å². The first-order valence-corrected chi connectivity index (χ1v) is 8.36. The molecule has 0 spiro atoms. The summed E-state index contributed by atoms with van der Waals surface area (Å²) in [6.07, 6.45) is 0.310. The van der Waals surface area contributed by atoms with Crippen LogP contribution in [0.1, 0.15) is 22.8 Å². The molecule has 0 aromatic heterocycles. The molecule has 2 N–H and O–H groups in total. The summed E-state index contributed by atoms with van der Waals surface area (Å²) in [6.45, 7) is 2.35. The van der Waals surface area contributed by atoms with Crippen LogP contribution in [0.25, 0.3) is 0 Å². The average molecular weight is 391 g/mol. The molecule has 0 aliphatic carbocycles. The number of nitrogens with one attached hydrogen (secondary N) is 2. The summed E-state index contributed by atoms with van der Waals surface area (Å²) in [5, 5.41) is 5.42. The van der Waals surface area contributed by atoms with E-state index in [-0.39, 0.29) is 11.8 Å². The van der Waals surface area contributed by atoms with Crippen LogP contribution in [0.2, 0.25) is 0 Å². The first kappa shape index (κ1) is 18.0. The second kappa shape index (κ2) is 8.49. The summed E-state index contributed by atoms with van der Waals surface area (Å²) in [6, 6.07) is 12.5. The molecular formula is C18H19BrN2O3. The van der Waals surface area contributed by atoms with Crippen molar-refractivity contribution in [1.82, 2.24) is 5.32 Å². The van der Waals surface area contributed by atoms with Gasteiger partial charge < -0.3 is 15.4 Å². The van der Waals surface area contributed by atoms with Crippen LogP contribution in [0.3, 0.4) is 0 Å². The fourth-order valence-corrected chi connectivity index (χ4v) is 2.50. The number of carbonyl (C=O) groups excluding carboxylic acids is 2. The fourth-order valence-electron chi connectivity index (χ4n) is 2.14. The Kier molecular flexibility index (Phi) is 6.37. The van der Waals surface area contributed by atoms with Crippen LogP contribution < -0.4 is 15.4 Å². The molecule has 0 bridgehead atoms. The van der Waals surface area contributed by atoms with Crippen molar-refractivity contribution in [2.45, 2.75) is 13.3 Å². The number of carbonyl (C=O) groups is 2. The van der Waals surface area contributed by atoms with Crippen molar-refractivity contribution < 1.29 is 14.3 Å². The first-order valence-electron chi connectivity index (χ1n) is 7.56. The lowest BCUT2D eigenvalue weighted by atomic mass is 10.1. The number of hydrogen-bond donors (Lipinski definition) is 2. The summed E-state index contributed by atoms with van der Waals surface area (Å²) in [4.78, 5) is 23.9. The summed E-state index contributed by atoms with van der Waals surface area (Å²) in [5.41, 5.74) is 1.99. The molecule has 0 saturated heterocycles. The number of ether oxygens (including phenoxy) is 1. The van der Waals surface area contributed by atoms with E-state index in [0.717, 1.165) is 10.0 Å². The molecule has 5 nitrogen and oxygen atoms in total. The number of likely N-dealkylation sites (N-methyl/N-ethyl adjacent to an activating group) is 1. The predicted octanol–water partition coefficient (Wildman–Crippen LogP) is 3.39. The Labute approximate surface area is 149 Å². The third kappa shape index (κ3) is 4.83. The highest BCUT2D eigenvalue weighted by molar-refractivity contribution is 9.10. The number of halogens is 1. The lowest BCUT2D eigenvalue weighted by molar-refractivity contribution is -0.119. The molecular weight excluding hydrogens is 372 g/mol. The van der Waals surface area contributed by atoms with Gasteiger partial charge in [0.2, 0.25) is 5.91 Å². The molecule has 2 aromatic rings. The molecule has 24 heavy (non-hydrogen) atoms. The van der Waals surface area contributed by atoms with Gasteiger partial charge in [-0.1, -0.05) is 28.1 Å². The molecule has 0 aliphatic heterocycles. The van der Waals surface area contributed by atoms with Gasteiger partial charge in [0.1, 0.15) is 5.75 Å². The van der Waals surface area contributed by atoms with Crippen molar-refractivity contribution in [3.8, 4) is 5.75 Å². The van der Waals surface area contributed by atoms with Gasteiger partial charge in [0.25, 0.3) is 5.91 Å². The van der Waals surface area contributed by atoms with E-state index in [1.165, 1.54) is 0 Å². The molecule has 0 heterocycles. The lowest BCUT2D eigenvalue weighted by Gasteiger charge is -2.11. The Morgan fingerprint density at radius 3 is 2.46 bits per heavy atom. The SMILES string of the molecule is CCOc1ccc(Br)cc1C(=O)Nc1ccc(CC(=O)NC)cc1. The fraction of sp³-hybridized carbons (Fsp3) is 0.222. The van der Waals surface area contributed by atoms with E-state index in [9.17, 15) is 9.59 Å². The molecule has 0 radical (unpaired) electrons. The standard InChI is InChI=1S/C18H19BrN2O3/c1-3-24-16-9-6-13(19)11-15(16)18(23)21-14-7-4-12(5-8-14)10-17(22)20-2/h4-9,11H,3,10H2,1-2H3,(H,20,22)(H,21,23). The topological polar surface area (TPSA) is 67.4 Å². The van der Waals surface area contributed by atoms with E-state index in [1.807, 2.05) is 25.1 Å². The van der Waals surface area contributed by atoms with Crippen LogP contribution in [-0.2, 0) is 11.2 Å². The summed E-state index contributed by atoms with van der Waals surface area (Å²) in [7, 11) is 1.60. The van der Waals surface area contributed by atoms with Gasteiger partial charge in [-0.25, -0.2) is 0 Å². The van der Waals surface area contributed by atoms with Crippen molar-refractivity contribution in [3.63, 3.8) is 0 Å². The minimum atomic E-state index is -0.251. The molecule has 0 aliphatic rings. The van der Waals surface area contributed by atoms with Gasteiger partial charge in [-0.3, -0.25) is 9.59 Å². The predicted molar refractivity (Wildman–Crippen MR) is 97.5 cm³/mol. The normalized spacial score (nSPS) is 10.1. The quantitative estimate of drug-likeness (QED) is 0.794. The largest absolute Gasteiger partial charge is 0.493 e. The first-order chi connectivity index (χ1) is 11.5. The van der Waals surface area contributed by atoms with Gasteiger partial charge in [-0.05, 0) is 42.8 Å². The number of benzene rings is 2. The van der Waals surface area contributed by atoms with Gasteiger partial charge in [-0.2, -0.15) is 0 Å².